The van der Waals surface area contributed by atoms with Gasteiger partial charge in [0.1, 0.15) is 17.3 Å². The van der Waals surface area contributed by atoms with E-state index >= 15 is 0 Å². The number of fused-ring (bicyclic) bond motifs is 1. The lowest BCUT2D eigenvalue weighted by molar-refractivity contribution is 0.0589. The van der Waals surface area contributed by atoms with E-state index in [9.17, 15) is 19.2 Å². The Morgan fingerprint density at radius 1 is 1.21 bits per heavy atom. The average Bonchev–Trinajstić information content (AvgIpc) is 3.34. The molecule has 3 rings (SSSR count). The topological polar surface area (TPSA) is 124 Å². The molecule has 3 aromatic rings. The molecule has 0 bridgehead atoms. The molecule has 1 atom stereocenters. The van der Waals surface area contributed by atoms with Crippen molar-refractivity contribution < 1.29 is 19.1 Å². The summed E-state index contributed by atoms with van der Waals surface area (Å²) in [6.07, 6.45) is 2.47. The van der Waals surface area contributed by atoms with Gasteiger partial charge in [0.15, 0.2) is 0 Å². The Morgan fingerprint density at radius 2 is 1.91 bits per heavy atom. The van der Waals surface area contributed by atoms with E-state index in [1.54, 1.807) is 17.7 Å². The van der Waals surface area contributed by atoms with Gasteiger partial charge in [0.25, 0.3) is 11.5 Å². The Bertz CT molecular complexity index is 1310. The highest BCUT2D eigenvalue weighted by Gasteiger charge is 2.30. The quantitative estimate of drug-likeness (QED) is 0.378. The van der Waals surface area contributed by atoms with E-state index in [0.717, 1.165) is 10.1 Å². The van der Waals surface area contributed by atoms with Gasteiger partial charge in [-0.05, 0) is 24.0 Å². The SMILES string of the molecule is COCNC(=O)c1c(C(CC(C)C)c2cc(C(=O)OC)n(C)c2)sc2[nH]c(=O)n(C)c(=O)c12. The normalized spacial score (nSPS) is 12.3. The molecule has 0 saturated carbocycles. The van der Waals surface area contributed by atoms with Gasteiger partial charge in [0.2, 0.25) is 0 Å². The fourth-order valence-electron chi connectivity index (χ4n) is 3.83. The smallest absolute Gasteiger partial charge is 0.354 e. The average molecular weight is 477 g/mol. The zero-order valence-electron chi connectivity index (χ0n) is 19.5. The first kappa shape index (κ1) is 24.5. The van der Waals surface area contributed by atoms with Crippen LogP contribution in [0.15, 0.2) is 21.9 Å². The molecule has 0 aliphatic carbocycles. The van der Waals surface area contributed by atoms with Crippen molar-refractivity contribution in [2.45, 2.75) is 26.2 Å². The van der Waals surface area contributed by atoms with Gasteiger partial charge in [-0.1, -0.05) is 13.8 Å². The molecule has 0 saturated heterocycles. The van der Waals surface area contributed by atoms with Crippen LogP contribution in [0.2, 0.25) is 0 Å². The monoisotopic (exact) mass is 476 g/mol. The summed E-state index contributed by atoms with van der Waals surface area (Å²) in [7, 11) is 5.87. The molecule has 0 aliphatic rings. The number of hydrogen-bond donors (Lipinski definition) is 2. The number of hydrogen-bond acceptors (Lipinski definition) is 7. The van der Waals surface area contributed by atoms with Gasteiger partial charge in [0, 0.05) is 38.2 Å². The van der Waals surface area contributed by atoms with Crippen LogP contribution in [0.1, 0.15) is 57.5 Å². The van der Waals surface area contributed by atoms with Crippen molar-refractivity contribution in [1.29, 1.82) is 0 Å². The number of aromatic amines is 1. The minimum atomic E-state index is -0.558. The van der Waals surface area contributed by atoms with E-state index in [0.29, 0.717) is 21.8 Å². The fourth-order valence-corrected chi connectivity index (χ4v) is 5.15. The van der Waals surface area contributed by atoms with Crippen LogP contribution in [0.25, 0.3) is 10.2 Å². The number of esters is 1. The van der Waals surface area contributed by atoms with E-state index < -0.39 is 23.1 Å². The van der Waals surface area contributed by atoms with Gasteiger partial charge < -0.3 is 19.4 Å². The summed E-state index contributed by atoms with van der Waals surface area (Å²) in [5.41, 5.74) is 0.274. The molecule has 1 amide bonds. The summed E-state index contributed by atoms with van der Waals surface area (Å²) in [6, 6.07) is 1.74. The largest absolute Gasteiger partial charge is 0.464 e. The predicted octanol–water partition coefficient (Wildman–Crippen LogP) is 1.93. The second-order valence-corrected chi connectivity index (χ2v) is 9.27. The number of carbonyl (C=O) groups is 2. The first-order valence-electron chi connectivity index (χ1n) is 10.4. The minimum Gasteiger partial charge on any atom is -0.464 e. The standard InChI is InChI=1S/C22H28N4O6S/c1-11(2)7-13(12-8-14(21(29)32-6)25(3)9-12)17-15(18(27)23-10-31-5)16-19(33-17)24-22(30)26(4)20(16)28/h8-9,11,13H,7,10H2,1-6H3,(H,23,27)(H,24,30). The van der Waals surface area contributed by atoms with Crippen LogP contribution in [0.3, 0.4) is 0 Å². The summed E-state index contributed by atoms with van der Waals surface area (Å²) in [5, 5.41) is 2.81. The van der Waals surface area contributed by atoms with E-state index in [-0.39, 0.29) is 29.5 Å². The van der Waals surface area contributed by atoms with Crippen molar-refractivity contribution in [2.75, 3.05) is 21.0 Å². The number of aromatic nitrogens is 3. The van der Waals surface area contributed by atoms with Gasteiger partial charge >= 0.3 is 11.7 Å². The molecule has 3 heterocycles. The van der Waals surface area contributed by atoms with Gasteiger partial charge in [-0.25, -0.2) is 9.59 Å². The number of aryl methyl sites for hydroxylation is 1. The Labute approximate surface area is 194 Å². The number of nitrogens with zero attached hydrogens (tertiary/aromatic N) is 2. The molecule has 1 unspecified atom stereocenters. The maximum atomic E-state index is 13.2. The third-order valence-corrected chi connectivity index (χ3v) is 6.65. The van der Waals surface area contributed by atoms with Crippen LogP contribution in [-0.2, 0) is 23.6 Å². The Kier molecular flexibility index (Phi) is 7.23. The van der Waals surface area contributed by atoms with Crippen molar-refractivity contribution in [3.8, 4) is 0 Å². The van der Waals surface area contributed by atoms with Crippen molar-refractivity contribution in [3.63, 3.8) is 0 Å². The Morgan fingerprint density at radius 3 is 2.52 bits per heavy atom. The van der Waals surface area contributed by atoms with E-state index in [1.165, 1.54) is 32.6 Å². The number of rotatable bonds is 8. The molecule has 0 fully saturated rings. The summed E-state index contributed by atoms with van der Waals surface area (Å²) in [6.45, 7) is 4.07. The fraction of sp³-hybridized carbons (Fsp3) is 0.455. The summed E-state index contributed by atoms with van der Waals surface area (Å²) >= 11 is 1.20. The van der Waals surface area contributed by atoms with Crippen molar-refractivity contribution in [2.24, 2.45) is 20.0 Å². The molecule has 178 valence electrons. The number of thiophene rings is 1. The Hall–Kier alpha value is -3.18. The molecule has 0 aromatic carbocycles. The van der Waals surface area contributed by atoms with E-state index in [1.807, 2.05) is 6.20 Å². The van der Waals surface area contributed by atoms with Gasteiger partial charge in [0.05, 0.1) is 18.1 Å². The molecule has 3 aromatic heterocycles. The van der Waals surface area contributed by atoms with Gasteiger partial charge in [-0.15, -0.1) is 11.3 Å². The lowest BCUT2D eigenvalue weighted by atomic mass is 9.88. The van der Waals surface area contributed by atoms with Crippen LogP contribution >= 0.6 is 11.3 Å². The highest BCUT2D eigenvalue weighted by atomic mass is 32.1. The number of carbonyl (C=O) groups excluding carboxylic acids is 2. The number of H-pyrrole nitrogens is 1. The molecular formula is C22H28N4O6S. The lowest BCUT2D eigenvalue weighted by Gasteiger charge is -2.19. The first-order valence-corrected chi connectivity index (χ1v) is 11.2. The third kappa shape index (κ3) is 4.64. The molecular weight excluding hydrogens is 448 g/mol. The third-order valence-electron chi connectivity index (χ3n) is 5.43. The molecule has 0 spiro atoms. The van der Waals surface area contributed by atoms with E-state index in [2.05, 4.69) is 24.1 Å². The number of ether oxygens (including phenoxy) is 2. The Balaban J connectivity index is 2.32. The van der Waals surface area contributed by atoms with Crippen molar-refractivity contribution in [1.82, 2.24) is 19.4 Å². The predicted molar refractivity (Wildman–Crippen MR) is 125 cm³/mol. The molecule has 0 aliphatic heterocycles. The zero-order valence-corrected chi connectivity index (χ0v) is 20.3. The van der Waals surface area contributed by atoms with Crippen molar-refractivity contribution in [3.05, 3.63) is 54.8 Å². The van der Waals surface area contributed by atoms with Crippen LogP contribution in [0.4, 0.5) is 0 Å². The lowest BCUT2D eigenvalue weighted by Crippen LogP contribution is -2.34. The molecule has 2 N–H and O–H groups in total. The molecule has 10 nitrogen and oxygen atoms in total. The minimum absolute atomic E-state index is 0.0358. The summed E-state index contributed by atoms with van der Waals surface area (Å²) in [5.74, 6) is -1.01. The maximum Gasteiger partial charge on any atom is 0.354 e. The highest BCUT2D eigenvalue weighted by Crippen LogP contribution is 2.40. The second kappa shape index (κ2) is 9.75. The number of nitrogens with one attached hydrogen (secondary N) is 2. The highest BCUT2D eigenvalue weighted by molar-refractivity contribution is 7.19. The first-order chi connectivity index (χ1) is 15.6. The van der Waals surface area contributed by atoms with E-state index in [4.69, 9.17) is 9.47 Å². The van der Waals surface area contributed by atoms with Crippen molar-refractivity contribution >= 4 is 33.4 Å². The van der Waals surface area contributed by atoms with Crippen LogP contribution in [-0.4, -0.2) is 46.9 Å². The van der Waals surface area contributed by atoms with Gasteiger partial charge in [-0.2, -0.15) is 0 Å². The zero-order chi connectivity index (χ0) is 24.4. The number of amides is 1. The van der Waals surface area contributed by atoms with Gasteiger partial charge in [-0.3, -0.25) is 19.1 Å². The van der Waals surface area contributed by atoms with Crippen LogP contribution in [0, 0.1) is 5.92 Å². The molecule has 11 heteroatoms. The molecule has 0 radical (unpaired) electrons. The maximum absolute atomic E-state index is 13.2. The summed E-state index contributed by atoms with van der Waals surface area (Å²) < 4.78 is 12.5. The summed E-state index contributed by atoms with van der Waals surface area (Å²) in [4.78, 5) is 54.3. The second-order valence-electron chi connectivity index (χ2n) is 8.22. The molecule has 33 heavy (non-hydrogen) atoms. The number of methoxy groups -OCH3 is 2. The van der Waals surface area contributed by atoms with Crippen LogP contribution < -0.4 is 16.6 Å². The van der Waals surface area contributed by atoms with Crippen LogP contribution in [0.5, 0.6) is 0 Å².